The van der Waals surface area contributed by atoms with Gasteiger partial charge in [0.25, 0.3) is 0 Å². The molecule has 0 spiro atoms. The lowest BCUT2D eigenvalue weighted by Gasteiger charge is -2.24. The van der Waals surface area contributed by atoms with Crippen molar-refractivity contribution in [3.05, 3.63) is 35.9 Å². The predicted molar refractivity (Wildman–Crippen MR) is 79.8 cm³/mol. The first-order valence-corrected chi connectivity index (χ1v) is 7.86. The Morgan fingerprint density at radius 1 is 1.40 bits per heavy atom. The summed E-state index contributed by atoms with van der Waals surface area (Å²) in [4.78, 5) is 24.9. The van der Waals surface area contributed by atoms with Gasteiger partial charge >= 0.3 is 5.97 Å². The minimum Gasteiger partial charge on any atom is -0.480 e. The van der Waals surface area contributed by atoms with Gasteiger partial charge in [0, 0.05) is 18.3 Å². The molecule has 4 nitrogen and oxygen atoms in total. The number of hydrogen-bond donors (Lipinski definition) is 1. The number of benzene rings is 1. The van der Waals surface area contributed by atoms with Crippen LogP contribution < -0.4 is 0 Å². The van der Waals surface area contributed by atoms with E-state index in [4.69, 9.17) is 0 Å². The molecule has 2 rings (SSSR count). The zero-order valence-corrected chi connectivity index (χ0v) is 12.8. The van der Waals surface area contributed by atoms with E-state index in [2.05, 4.69) is 15.9 Å². The Hall–Kier alpha value is -1.36. The second-order valence-corrected chi connectivity index (χ2v) is 5.80. The number of alkyl halides is 1. The molecule has 0 aromatic heterocycles. The minimum absolute atomic E-state index is 0.0464. The number of amides is 1. The van der Waals surface area contributed by atoms with E-state index in [1.54, 1.807) is 0 Å². The number of halogens is 1. The van der Waals surface area contributed by atoms with Gasteiger partial charge in [-0.3, -0.25) is 4.79 Å². The summed E-state index contributed by atoms with van der Waals surface area (Å²) < 4.78 is 0. The van der Waals surface area contributed by atoms with Crippen LogP contribution >= 0.6 is 15.9 Å². The largest absolute Gasteiger partial charge is 0.480 e. The average molecular weight is 340 g/mol. The maximum atomic E-state index is 11.9. The van der Waals surface area contributed by atoms with Crippen LogP contribution in [0.1, 0.15) is 18.4 Å². The van der Waals surface area contributed by atoms with Crippen molar-refractivity contribution in [2.24, 2.45) is 5.92 Å². The molecule has 20 heavy (non-hydrogen) atoms. The fourth-order valence-electron chi connectivity index (χ4n) is 2.57. The summed E-state index contributed by atoms with van der Waals surface area (Å²) in [5, 5.41) is 10.1. The number of carbonyl (C=O) groups is 2. The Bertz CT molecular complexity index is 477. The van der Waals surface area contributed by atoms with Gasteiger partial charge < -0.3 is 10.0 Å². The van der Waals surface area contributed by atoms with Gasteiger partial charge in [0.2, 0.25) is 5.91 Å². The lowest BCUT2D eigenvalue weighted by molar-refractivity contribution is -0.148. The van der Waals surface area contributed by atoms with E-state index in [1.165, 1.54) is 4.90 Å². The van der Waals surface area contributed by atoms with E-state index in [0.29, 0.717) is 25.8 Å². The molecule has 0 bridgehead atoms. The van der Waals surface area contributed by atoms with Gasteiger partial charge in [-0.15, -0.1) is 0 Å². The summed E-state index contributed by atoms with van der Waals surface area (Å²) in [6, 6.07) is 9.05. The van der Waals surface area contributed by atoms with Gasteiger partial charge in [-0.1, -0.05) is 46.3 Å². The Labute approximate surface area is 126 Å². The van der Waals surface area contributed by atoms with Crippen molar-refractivity contribution in [3.63, 3.8) is 0 Å². The van der Waals surface area contributed by atoms with Gasteiger partial charge in [0.1, 0.15) is 6.04 Å². The summed E-state index contributed by atoms with van der Waals surface area (Å²) in [6.45, 7) is 0.538. The number of carbonyl (C=O) groups excluding carboxylic acids is 1. The number of likely N-dealkylation sites (tertiary alicyclic amines) is 1. The highest BCUT2D eigenvalue weighted by Gasteiger charge is 2.36. The van der Waals surface area contributed by atoms with Crippen LogP contribution in [0, 0.1) is 5.92 Å². The summed E-state index contributed by atoms with van der Waals surface area (Å²) in [7, 11) is 0. The summed E-state index contributed by atoms with van der Waals surface area (Å²) >= 11 is 3.37. The molecule has 1 heterocycles. The Morgan fingerprint density at radius 2 is 2.10 bits per heavy atom. The Kier molecular flexibility index (Phi) is 5.17. The predicted octanol–water partition coefficient (Wildman–Crippen LogP) is 2.32. The van der Waals surface area contributed by atoms with Gasteiger partial charge in [-0.05, 0) is 24.3 Å². The molecule has 1 N–H and O–H groups in total. The Morgan fingerprint density at radius 3 is 2.65 bits per heavy atom. The molecule has 1 amide bonds. The van der Waals surface area contributed by atoms with Crippen LogP contribution in [-0.2, 0) is 16.0 Å². The maximum Gasteiger partial charge on any atom is 0.326 e. The minimum atomic E-state index is -0.912. The first-order chi connectivity index (χ1) is 9.61. The van der Waals surface area contributed by atoms with E-state index < -0.39 is 12.0 Å². The van der Waals surface area contributed by atoms with Crippen molar-refractivity contribution in [1.82, 2.24) is 4.90 Å². The fourth-order valence-corrected chi connectivity index (χ4v) is 3.01. The second kappa shape index (κ2) is 6.88. The van der Waals surface area contributed by atoms with Gasteiger partial charge in [-0.25, -0.2) is 4.79 Å². The van der Waals surface area contributed by atoms with Crippen LogP contribution in [0.25, 0.3) is 0 Å². The van der Waals surface area contributed by atoms with Crippen molar-refractivity contribution >= 4 is 27.8 Å². The molecule has 0 aliphatic carbocycles. The number of aliphatic carboxylic acids is 1. The monoisotopic (exact) mass is 339 g/mol. The highest BCUT2D eigenvalue weighted by atomic mass is 79.9. The van der Waals surface area contributed by atoms with Crippen LogP contribution in [0.15, 0.2) is 30.3 Å². The first-order valence-electron chi connectivity index (χ1n) is 6.74. The SMILES string of the molecule is O=C(O)C(CCc1ccccc1)N1CC(CBr)CC1=O. The topological polar surface area (TPSA) is 57.6 Å². The van der Waals surface area contributed by atoms with E-state index in [1.807, 2.05) is 30.3 Å². The van der Waals surface area contributed by atoms with Crippen LogP contribution in [-0.4, -0.2) is 39.8 Å². The number of rotatable bonds is 6. The molecule has 0 radical (unpaired) electrons. The summed E-state index contributed by atoms with van der Waals surface area (Å²) in [5.74, 6) is -0.736. The van der Waals surface area contributed by atoms with E-state index in [0.717, 1.165) is 10.9 Å². The van der Waals surface area contributed by atoms with Crippen molar-refractivity contribution in [3.8, 4) is 0 Å². The van der Waals surface area contributed by atoms with Crippen LogP contribution in [0.4, 0.5) is 0 Å². The molecule has 1 aliphatic heterocycles. The highest BCUT2D eigenvalue weighted by molar-refractivity contribution is 9.09. The molecule has 1 aromatic rings. The lowest BCUT2D eigenvalue weighted by atomic mass is 10.0. The molecule has 5 heteroatoms. The third kappa shape index (κ3) is 3.60. The summed E-state index contributed by atoms with van der Waals surface area (Å²) in [5.41, 5.74) is 1.10. The van der Waals surface area contributed by atoms with E-state index in [-0.39, 0.29) is 11.8 Å². The molecule has 1 saturated heterocycles. The van der Waals surface area contributed by atoms with Gasteiger partial charge in [0.05, 0.1) is 0 Å². The zero-order valence-electron chi connectivity index (χ0n) is 11.2. The van der Waals surface area contributed by atoms with Crippen molar-refractivity contribution in [2.75, 3.05) is 11.9 Å². The molecule has 1 fully saturated rings. The normalized spacial score (nSPS) is 20.1. The zero-order chi connectivity index (χ0) is 14.5. The quantitative estimate of drug-likeness (QED) is 0.809. The Balaban J connectivity index is 2.01. The highest BCUT2D eigenvalue weighted by Crippen LogP contribution is 2.24. The third-order valence-corrected chi connectivity index (χ3v) is 4.58. The van der Waals surface area contributed by atoms with Crippen molar-refractivity contribution < 1.29 is 14.7 Å². The average Bonchev–Trinajstić information content (AvgIpc) is 2.81. The molecule has 2 unspecified atom stereocenters. The lowest BCUT2D eigenvalue weighted by Crippen LogP contribution is -2.42. The van der Waals surface area contributed by atoms with Crippen LogP contribution in [0.3, 0.4) is 0 Å². The number of hydrogen-bond acceptors (Lipinski definition) is 2. The molecule has 2 atom stereocenters. The summed E-state index contributed by atoms with van der Waals surface area (Å²) in [6.07, 6.45) is 1.57. The number of carboxylic acids is 1. The van der Waals surface area contributed by atoms with Crippen molar-refractivity contribution in [1.29, 1.82) is 0 Å². The van der Waals surface area contributed by atoms with Crippen LogP contribution in [0.2, 0.25) is 0 Å². The molecular formula is C15H18BrNO3. The number of carboxylic acid groups (broad SMARTS) is 1. The van der Waals surface area contributed by atoms with E-state index in [9.17, 15) is 14.7 Å². The van der Waals surface area contributed by atoms with Crippen LogP contribution in [0.5, 0.6) is 0 Å². The van der Waals surface area contributed by atoms with Gasteiger partial charge in [0.15, 0.2) is 0 Å². The standard InChI is InChI=1S/C15H18BrNO3/c16-9-12-8-14(18)17(10-12)13(15(19)20)7-6-11-4-2-1-3-5-11/h1-5,12-13H,6-10H2,(H,19,20). The van der Waals surface area contributed by atoms with Gasteiger partial charge in [-0.2, -0.15) is 0 Å². The maximum absolute atomic E-state index is 11.9. The molecule has 1 aliphatic rings. The smallest absolute Gasteiger partial charge is 0.326 e. The molecule has 1 aromatic carbocycles. The number of aryl methyl sites for hydroxylation is 1. The first kappa shape index (κ1) is 15.0. The number of nitrogens with zero attached hydrogens (tertiary/aromatic N) is 1. The van der Waals surface area contributed by atoms with Crippen molar-refractivity contribution in [2.45, 2.75) is 25.3 Å². The molecule has 0 saturated carbocycles. The molecular weight excluding hydrogens is 322 g/mol. The van der Waals surface area contributed by atoms with E-state index >= 15 is 0 Å². The third-order valence-electron chi connectivity index (χ3n) is 3.67. The fraction of sp³-hybridized carbons (Fsp3) is 0.467. The molecule has 108 valence electrons. The second-order valence-electron chi connectivity index (χ2n) is 5.15.